The Balaban J connectivity index is 1.49. The van der Waals surface area contributed by atoms with Gasteiger partial charge in [0.1, 0.15) is 0 Å². The molecule has 1 heterocycles. The lowest BCUT2D eigenvalue weighted by Crippen LogP contribution is -2.23. The number of hydrogen-bond donors (Lipinski definition) is 1. The quantitative estimate of drug-likeness (QED) is 0.516. The fourth-order valence-electron chi connectivity index (χ4n) is 2.53. The third kappa shape index (κ3) is 5.67. The van der Waals surface area contributed by atoms with Gasteiger partial charge in [-0.05, 0) is 42.7 Å². The second kappa shape index (κ2) is 9.18. The van der Waals surface area contributed by atoms with E-state index < -0.39 is 0 Å². The van der Waals surface area contributed by atoms with Crippen molar-refractivity contribution in [3.8, 4) is 11.3 Å². The average molecular weight is 417 g/mol. The van der Waals surface area contributed by atoms with Gasteiger partial charge in [0.2, 0.25) is 5.91 Å². The van der Waals surface area contributed by atoms with Crippen LogP contribution in [-0.2, 0) is 11.2 Å². The van der Waals surface area contributed by atoms with Crippen molar-refractivity contribution in [2.45, 2.75) is 13.3 Å². The molecule has 0 spiro atoms. The van der Waals surface area contributed by atoms with Crippen molar-refractivity contribution in [3.05, 3.63) is 80.1 Å². The molecule has 0 aliphatic rings. The Hall–Kier alpha value is -2.14. The first-order chi connectivity index (χ1) is 13.0. The number of thiazole rings is 1. The number of hydrogen-bond acceptors (Lipinski definition) is 3. The lowest BCUT2D eigenvalue weighted by Gasteiger charge is -2.04. The molecule has 0 fully saturated rings. The van der Waals surface area contributed by atoms with Gasteiger partial charge in [-0.2, -0.15) is 0 Å². The van der Waals surface area contributed by atoms with Crippen molar-refractivity contribution in [2.75, 3.05) is 6.54 Å². The van der Waals surface area contributed by atoms with Gasteiger partial charge in [-0.15, -0.1) is 11.3 Å². The zero-order valence-electron chi connectivity index (χ0n) is 14.7. The van der Waals surface area contributed by atoms with Crippen LogP contribution in [0.2, 0.25) is 10.0 Å². The monoisotopic (exact) mass is 416 g/mol. The first-order valence-corrected chi connectivity index (χ1v) is 10.1. The summed E-state index contributed by atoms with van der Waals surface area (Å²) in [7, 11) is 0. The molecule has 0 aliphatic carbocycles. The van der Waals surface area contributed by atoms with Gasteiger partial charge in [0.15, 0.2) is 0 Å². The highest BCUT2D eigenvalue weighted by Gasteiger charge is 2.03. The van der Waals surface area contributed by atoms with E-state index in [1.165, 1.54) is 6.08 Å². The Morgan fingerprint density at radius 1 is 1.19 bits per heavy atom. The van der Waals surface area contributed by atoms with Crippen molar-refractivity contribution in [2.24, 2.45) is 0 Å². The van der Waals surface area contributed by atoms with Crippen LogP contribution in [0.5, 0.6) is 0 Å². The van der Waals surface area contributed by atoms with Crippen LogP contribution in [0.3, 0.4) is 0 Å². The molecule has 1 N–H and O–H groups in total. The molecule has 1 aromatic heterocycles. The van der Waals surface area contributed by atoms with Crippen LogP contribution >= 0.6 is 34.5 Å². The predicted octanol–water partition coefficient (Wildman–Crippen LogP) is 5.80. The van der Waals surface area contributed by atoms with E-state index in [2.05, 4.69) is 39.9 Å². The standard InChI is InChI=1S/C21H18Cl2N2OS/c1-14-25-20(13-27-14)17-4-2-15(3-5-17)10-11-24-21(26)9-7-16-6-8-18(22)12-19(16)23/h2-9,12-13H,10-11H2,1H3,(H,24,26)/b9-7+. The lowest BCUT2D eigenvalue weighted by atomic mass is 10.1. The van der Waals surface area contributed by atoms with Gasteiger partial charge in [-0.25, -0.2) is 4.98 Å². The number of nitrogens with zero attached hydrogens (tertiary/aromatic N) is 1. The third-order valence-electron chi connectivity index (χ3n) is 3.96. The maximum absolute atomic E-state index is 12.0. The number of rotatable bonds is 6. The van der Waals surface area contributed by atoms with Gasteiger partial charge in [0, 0.05) is 33.6 Å². The molecular formula is C21H18Cl2N2OS. The van der Waals surface area contributed by atoms with Crippen LogP contribution in [0.1, 0.15) is 16.1 Å². The number of halogens is 2. The first-order valence-electron chi connectivity index (χ1n) is 8.43. The van der Waals surface area contributed by atoms with Crippen molar-refractivity contribution < 1.29 is 4.79 Å². The van der Waals surface area contributed by atoms with Crippen molar-refractivity contribution in [1.82, 2.24) is 10.3 Å². The maximum atomic E-state index is 12.0. The topological polar surface area (TPSA) is 42.0 Å². The van der Waals surface area contributed by atoms with Crippen LogP contribution in [0, 0.1) is 6.92 Å². The van der Waals surface area contributed by atoms with E-state index in [0.29, 0.717) is 16.6 Å². The largest absolute Gasteiger partial charge is 0.352 e. The van der Waals surface area contributed by atoms with Crippen LogP contribution in [-0.4, -0.2) is 17.4 Å². The minimum absolute atomic E-state index is 0.157. The fourth-order valence-corrected chi connectivity index (χ4v) is 3.62. The van der Waals surface area contributed by atoms with Gasteiger partial charge in [0.25, 0.3) is 0 Å². The van der Waals surface area contributed by atoms with Crippen molar-refractivity contribution in [3.63, 3.8) is 0 Å². The van der Waals surface area contributed by atoms with Crippen LogP contribution in [0.25, 0.3) is 17.3 Å². The Morgan fingerprint density at radius 3 is 2.63 bits per heavy atom. The average Bonchev–Trinajstić information content (AvgIpc) is 3.08. The van der Waals surface area contributed by atoms with E-state index in [1.807, 2.05) is 6.92 Å². The highest BCUT2D eigenvalue weighted by Crippen LogP contribution is 2.22. The number of aromatic nitrogens is 1. The first kappa shape index (κ1) is 19.6. The summed E-state index contributed by atoms with van der Waals surface area (Å²) in [5, 5.41) is 7.08. The number of aryl methyl sites for hydroxylation is 1. The van der Waals surface area contributed by atoms with Gasteiger partial charge in [-0.1, -0.05) is 53.5 Å². The van der Waals surface area contributed by atoms with Gasteiger partial charge >= 0.3 is 0 Å². The molecule has 0 unspecified atom stereocenters. The molecule has 0 bridgehead atoms. The van der Waals surface area contributed by atoms with Crippen LogP contribution in [0.4, 0.5) is 0 Å². The summed E-state index contributed by atoms with van der Waals surface area (Å²) in [6.07, 6.45) is 3.92. The molecule has 27 heavy (non-hydrogen) atoms. The van der Waals surface area contributed by atoms with Crippen LogP contribution < -0.4 is 5.32 Å². The SMILES string of the molecule is Cc1nc(-c2ccc(CCNC(=O)/C=C/c3ccc(Cl)cc3Cl)cc2)cs1. The van der Waals surface area contributed by atoms with Crippen LogP contribution in [0.15, 0.2) is 53.9 Å². The van der Waals surface area contributed by atoms with Crippen molar-refractivity contribution >= 4 is 46.5 Å². The zero-order valence-corrected chi connectivity index (χ0v) is 17.0. The van der Waals surface area contributed by atoms with Gasteiger partial charge < -0.3 is 5.32 Å². The lowest BCUT2D eigenvalue weighted by molar-refractivity contribution is -0.116. The molecule has 3 aromatic rings. The minimum atomic E-state index is -0.157. The number of nitrogens with one attached hydrogen (secondary N) is 1. The summed E-state index contributed by atoms with van der Waals surface area (Å²) in [5.74, 6) is -0.157. The third-order valence-corrected chi connectivity index (χ3v) is 5.29. The Bertz CT molecular complexity index is 965. The Labute approximate surface area is 172 Å². The predicted molar refractivity (Wildman–Crippen MR) is 114 cm³/mol. The molecule has 0 atom stereocenters. The molecule has 3 nitrogen and oxygen atoms in total. The summed E-state index contributed by atoms with van der Waals surface area (Å²) < 4.78 is 0. The number of carbonyl (C=O) groups excluding carboxylic acids is 1. The minimum Gasteiger partial charge on any atom is -0.352 e. The molecule has 0 saturated carbocycles. The summed E-state index contributed by atoms with van der Waals surface area (Å²) in [4.78, 5) is 16.4. The molecule has 0 radical (unpaired) electrons. The summed E-state index contributed by atoms with van der Waals surface area (Å²) >= 11 is 13.6. The molecular weight excluding hydrogens is 399 g/mol. The fraction of sp³-hybridized carbons (Fsp3) is 0.143. The van der Waals surface area contributed by atoms with E-state index in [-0.39, 0.29) is 5.91 Å². The highest BCUT2D eigenvalue weighted by molar-refractivity contribution is 7.09. The summed E-state index contributed by atoms with van der Waals surface area (Å²) in [5.41, 5.74) is 4.03. The molecule has 6 heteroatoms. The Morgan fingerprint density at radius 2 is 1.96 bits per heavy atom. The van der Waals surface area contributed by atoms with E-state index >= 15 is 0 Å². The number of amides is 1. The summed E-state index contributed by atoms with van der Waals surface area (Å²) in [6.45, 7) is 2.56. The van der Waals surface area contributed by atoms with Gasteiger partial charge in [0.05, 0.1) is 10.7 Å². The molecule has 1 amide bonds. The smallest absolute Gasteiger partial charge is 0.244 e. The molecule has 3 rings (SSSR count). The van der Waals surface area contributed by atoms with Crippen molar-refractivity contribution in [1.29, 1.82) is 0 Å². The molecule has 0 saturated heterocycles. The van der Waals surface area contributed by atoms with E-state index in [4.69, 9.17) is 23.2 Å². The number of carbonyl (C=O) groups is 1. The highest BCUT2D eigenvalue weighted by atomic mass is 35.5. The van der Waals surface area contributed by atoms with E-state index in [0.717, 1.165) is 33.8 Å². The normalized spacial score (nSPS) is 11.1. The van der Waals surface area contributed by atoms with E-state index in [9.17, 15) is 4.79 Å². The second-order valence-electron chi connectivity index (χ2n) is 5.99. The molecule has 2 aromatic carbocycles. The molecule has 138 valence electrons. The van der Waals surface area contributed by atoms with Gasteiger partial charge in [-0.3, -0.25) is 4.79 Å². The second-order valence-corrected chi connectivity index (χ2v) is 7.89. The van der Waals surface area contributed by atoms with E-state index in [1.54, 1.807) is 35.6 Å². The summed E-state index contributed by atoms with van der Waals surface area (Å²) in [6, 6.07) is 13.4. The number of benzene rings is 2. The molecule has 0 aliphatic heterocycles. The zero-order chi connectivity index (χ0) is 19.2. The Kier molecular flexibility index (Phi) is 6.67. The maximum Gasteiger partial charge on any atom is 0.244 e.